The van der Waals surface area contributed by atoms with Crippen molar-refractivity contribution in [2.75, 3.05) is 51.8 Å². The van der Waals surface area contributed by atoms with Crippen LogP contribution in [0.4, 0.5) is 5.13 Å². The minimum atomic E-state index is -0.362. The van der Waals surface area contributed by atoms with E-state index in [0.29, 0.717) is 46.1 Å². The monoisotopic (exact) mass is 442 g/mol. The van der Waals surface area contributed by atoms with E-state index in [-0.39, 0.29) is 11.8 Å². The minimum absolute atomic E-state index is 0.127. The summed E-state index contributed by atoms with van der Waals surface area (Å²) in [4.78, 5) is 33.3. The molecular formula is C18H20Cl2N4O3S. The molecule has 7 nitrogen and oxygen atoms in total. The van der Waals surface area contributed by atoms with Gasteiger partial charge in [0.2, 0.25) is 0 Å². The molecule has 0 atom stereocenters. The number of halogens is 2. The van der Waals surface area contributed by atoms with Gasteiger partial charge in [0.15, 0.2) is 5.13 Å². The average molecular weight is 443 g/mol. The van der Waals surface area contributed by atoms with Gasteiger partial charge in [0.05, 0.1) is 16.7 Å². The number of aromatic nitrogens is 1. The van der Waals surface area contributed by atoms with Crippen LogP contribution in [0, 0.1) is 0 Å². The molecule has 28 heavy (non-hydrogen) atoms. The number of anilines is 1. The number of carbonyl (C=O) groups is 2. The summed E-state index contributed by atoms with van der Waals surface area (Å²) < 4.78 is 5.09. The Bertz CT molecular complexity index is 853. The zero-order valence-electron chi connectivity index (χ0n) is 15.3. The van der Waals surface area contributed by atoms with Crippen LogP contribution in [0.15, 0.2) is 23.6 Å². The summed E-state index contributed by atoms with van der Waals surface area (Å²) in [5, 5.41) is 5.38. The summed E-state index contributed by atoms with van der Waals surface area (Å²) in [5.41, 5.74) is 0.699. The Hall–Kier alpha value is -1.71. The van der Waals surface area contributed by atoms with E-state index in [1.165, 1.54) is 17.4 Å². The van der Waals surface area contributed by atoms with Gasteiger partial charge in [-0.1, -0.05) is 23.2 Å². The molecule has 1 saturated heterocycles. The lowest BCUT2D eigenvalue weighted by Gasteiger charge is -2.34. The van der Waals surface area contributed by atoms with Crippen molar-refractivity contribution in [3.05, 3.63) is 44.9 Å². The van der Waals surface area contributed by atoms with Crippen LogP contribution in [0.5, 0.6) is 0 Å². The molecule has 0 spiro atoms. The predicted octanol–water partition coefficient (Wildman–Crippen LogP) is 3.11. The number of hydrogen-bond donors (Lipinski definition) is 1. The van der Waals surface area contributed by atoms with E-state index >= 15 is 0 Å². The average Bonchev–Trinajstić information content (AvgIpc) is 3.16. The molecule has 2 aromatic rings. The van der Waals surface area contributed by atoms with Crippen molar-refractivity contribution < 1.29 is 14.3 Å². The third kappa shape index (κ3) is 5.21. The Morgan fingerprint density at radius 3 is 2.64 bits per heavy atom. The number of benzene rings is 1. The normalized spacial score (nSPS) is 14.9. The van der Waals surface area contributed by atoms with Gasteiger partial charge in [-0.2, -0.15) is 0 Å². The maximum absolute atomic E-state index is 12.7. The molecule has 150 valence electrons. The van der Waals surface area contributed by atoms with Crippen LogP contribution in [-0.4, -0.2) is 73.0 Å². The van der Waals surface area contributed by atoms with Gasteiger partial charge in [-0.15, -0.1) is 11.3 Å². The molecular weight excluding hydrogens is 423 g/mol. The lowest BCUT2D eigenvalue weighted by Crippen LogP contribution is -2.49. The molecule has 3 rings (SSSR count). The number of methoxy groups -OCH3 is 1. The molecule has 2 heterocycles. The first-order chi connectivity index (χ1) is 13.5. The summed E-state index contributed by atoms with van der Waals surface area (Å²) in [7, 11) is 1.68. The number of carbonyl (C=O) groups excluding carboxylic acids is 2. The van der Waals surface area contributed by atoms with Crippen LogP contribution >= 0.6 is 34.5 Å². The Labute approximate surface area is 177 Å². The van der Waals surface area contributed by atoms with E-state index in [9.17, 15) is 9.59 Å². The highest BCUT2D eigenvalue weighted by Gasteiger charge is 2.24. The summed E-state index contributed by atoms with van der Waals surface area (Å²) in [6, 6.07) is 4.62. The fraction of sp³-hybridized carbons (Fsp3) is 0.389. The number of nitrogens with one attached hydrogen (secondary N) is 1. The smallest absolute Gasteiger partial charge is 0.273 e. The van der Waals surface area contributed by atoms with E-state index in [1.54, 1.807) is 29.5 Å². The Morgan fingerprint density at radius 2 is 1.96 bits per heavy atom. The number of nitrogens with zero attached hydrogens (tertiary/aromatic N) is 3. The van der Waals surface area contributed by atoms with Crippen LogP contribution < -0.4 is 5.32 Å². The van der Waals surface area contributed by atoms with E-state index in [4.69, 9.17) is 27.9 Å². The standard InChI is InChI=1S/C18H20Cl2N4O3S/c1-27-9-8-23-4-6-24(7-5-23)17(26)15-11-28-18(21-15)22-16(25)12-2-3-13(19)14(20)10-12/h2-3,10-11H,4-9H2,1H3,(H,21,22,25). The van der Waals surface area contributed by atoms with Crippen molar-refractivity contribution in [1.29, 1.82) is 0 Å². The number of hydrogen-bond acceptors (Lipinski definition) is 6. The summed E-state index contributed by atoms with van der Waals surface area (Å²) in [6.07, 6.45) is 0. The van der Waals surface area contributed by atoms with E-state index in [0.717, 1.165) is 19.6 Å². The quantitative estimate of drug-likeness (QED) is 0.743. The van der Waals surface area contributed by atoms with Crippen LogP contribution in [0.3, 0.4) is 0 Å². The number of amides is 2. The Kier molecular flexibility index (Phi) is 7.25. The summed E-state index contributed by atoms with van der Waals surface area (Å²) in [5.74, 6) is -0.489. The minimum Gasteiger partial charge on any atom is -0.383 e. The fourth-order valence-corrected chi connectivity index (χ4v) is 3.77. The summed E-state index contributed by atoms with van der Waals surface area (Å²) in [6.45, 7) is 4.44. The molecule has 1 N–H and O–H groups in total. The van der Waals surface area contributed by atoms with Gasteiger partial charge >= 0.3 is 0 Å². The zero-order chi connectivity index (χ0) is 20.1. The van der Waals surface area contributed by atoms with Crippen molar-refractivity contribution in [3.8, 4) is 0 Å². The van der Waals surface area contributed by atoms with Gasteiger partial charge in [-0.25, -0.2) is 4.98 Å². The molecule has 0 unspecified atom stereocenters. The molecule has 1 fully saturated rings. The molecule has 0 bridgehead atoms. The topological polar surface area (TPSA) is 74.8 Å². The molecule has 10 heteroatoms. The van der Waals surface area contributed by atoms with E-state index in [1.807, 2.05) is 0 Å². The Balaban J connectivity index is 1.57. The van der Waals surface area contributed by atoms with Crippen molar-refractivity contribution in [3.63, 3.8) is 0 Å². The molecule has 1 aromatic heterocycles. The maximum Gasteiger partial charge on any atom is 0.273 e. The first-order valence-corrected chi connectivity index (χ1v) is 10.3. The van der Waals surface area contributed by atoms with Crippen LogP contribution in [0.2, 0.25) is 10.0 Å². The lowest BCUT2D eigenvalue weighted by atomic mass is 10.2. The highest BCUT2D eigenvalue weighted by Crippen LogP contribution is 2.24. The molecule has 0 saturated carbocycles. The molecule has 1 aliphatic rings. The SMILES string of the molecule is COCCN1CCN(C(=O)c2csc(NC(=O)c3ccc(Cl)c(Cl)c3)n2)CC1. The largest absolute Gasteiger partial charge is 0.383 e. The third-order valence-electron chi connectivity index (χ3n) is 4.40. The second-order valence-electron chi connectivity index (χ2n) is 6.25. The highest BCUT2D eigenvalue weighted by atomic mass is 35.5. The van der Waals surface area contributed by atoms with Gasteiger partial charge < -0.3 is 9.64 Å². The van der Waals surface area contributed by atoms with E-state index in [2.05, 4.69) is 15.2 Å². The fourth-order valence-electron chi connectivity index (χ4n) is 2.79. The molecule has 2 amide bonds. The lowest BCUT2D eigenvalue weighted by molar-refractivity contribution is 0.0589. The van der Waals surface area contributed by atoms with Gasteiger partial charge in [-0.3, -0.25) is 19.8 Å². The molecule has 1 aliphatic heterocycles. The van der Waals surface area contributed by atoms with Gasteiger partial charge in [0, 0.05) is 50.8 Å². The van der Waals surface area contributed by atoms with Gasteiger partial charge in [0.1, 0.15) is 5.69 Å². The predicted molar refractivity (Wildman–Crippen MR) is 111 cm³/mol. The van der Waals surface area contributed by atoms with E-state index < -0.39 is 0 Å². The van der Waals surface area contributed by atoms with Gasteiger partial charge in [-0.05, 0) is 18.2 Å². The van der Waals surface area contributed by atoms with Crippen molar-refractivity contribution >= 4 is 51.5 Å². The van der Waals surface area contributed by atoms with Gasteiger partial charge in [0.25, 0.3) is 11.8 Å². The van der Waals surface area contributed by atoms with Crippen LogP contribution in [0.1, 0.15) is 20.8 Å². The first-order valence-electron chi connectivity index (χ1n) is 8.70. The second-order valence-corrected chi connectivity index (χ2v) is 7.92. The molecule has 0 aliphatic carbocycles. The third-order valence-corrected chi connectivity index (χ3v) is 5.89. The van der Waals surface area contributed by atoms with Crippen molar-refractivity contribution in [1.82, 2.24) is 14.8 Å². The number of ether oxygens (including phenoxy) is 1. The van der Waals surface area contributed by atoms with Crippen molar-refractivity contribution in [2.24, 2.45) is 0 Å². The first kappa shape index (κ1) is 21.0. The van der Waals surface area contributed by atoms with Crippen LogP contribution in [-0.2, 0) is 4.74 Å². The maximum atomic E-state index is 12.7. The highest BCUT2D eigenvalue weighted by molar-refractivity contribution is 7.14. The zero-order valence-corrected chi connectivity index (χ0v) is 17.6. The number of thiazole rings is 1. The second kappa shape index (κ2) is 9.67. The number of piperazine rings is 1. The number of rotatable bonds is 6. The van der Waals surface area contributed by atoms with Crippen molar-refractivity contribution in [2.45, 2.75) is 0 Å². The molecule has 0 radical (unpaired) electrons. The summed E-state index contributed by atoms with van der Waals surface area (Å²) >= 11 is 13.0. The molecule has 1 aromatic carbocycles. The van der Waals surface area contributed by atoms with Crippen LogP contribution in [0.25, 0.3) is 0 Å². The Morgan fingerprint density at radius 1 is 1.21 bits per heavy atom.